The maximum atomic E-state index is 9.69. The molecule has 2 aromatic carbocycles. The molecule has 0 saturated heterocycles. The van der Waals surface area contributed by atoms with Gasteiger partial charge in [0.25, 0.3) is 0 Å². The molecular weight excluding hydrogens is 252 g/mol. The number of pyridine rings is 1. The number of azo groups is 1. The third kappa shape index (κ3) is 2.42. The summed E-state index contributed by atoms with van der Waals surface area (Å²) in [5.41, 5.74) is 7.24. The molecule has 5 heteroatoms. The van der Waals surface area contributed by atoms with Gasteiger partial charge in [-0.1, -0.05) is 18.2 Å². The average molecular weight is 264 g/mol. The number of hydrogen-bond donors (Lipinski definition) is 2. The van der Waals surface area contributed by atoms with E-state index < -0.39 is 0 Å². The first-order valence-electron chi connectivity index (χ1n) is 6.08. The van der Waals surface area contributed by atoms with E-state index in [0.717, 1.165) is 10.9 Å². The van der Waals surface area contributed by atoms with Crippen molar-refractivity contribution in [2.24, 2.45) is 10.2 Å². The maximum Gasteiger partial charge on any atom is 0.174 e. The van der Waals surface area contributed by atoms with Gasteiger partial charge >= 0.3 is 0 Å². The first kappa shape index (κ1) is 12.1. The fourth-order valence-corrected chi connectivity index (χ4v) is 1.84. The van der Waals surface area contributed by atoms with Crippen molar-refractivity contribution >= 4 is 28.1 Å². The summed E-state index contributed by atoms with van der Waals surface area (Å²) in [5, 5.41) is 18.7. The van der Waals surface area contributed by atoms with Crippen LogP contribution in [0, 0.1) is 0 Å². The van der Waals surface area contributed by atoms with Gasteiger partial charge in [-0.15, -0.1) is 10.2 Å². The molecule has 20 heavy (non-hydrogen) atoms. The van der Waals surface area contributed by atoms with E-state index in [1.54, 1.807) is 18.2 Å². The summed E-state index contributed by atoms with van der Waals surface area (Å²) >= 11 is 0. The molecule has 0 unspecified atom stereocenters. The molecule has 0 fully saturated rings. The summed E-state index contributed by atoms with van der Waals surface area (Å²) < 4.78 is 0. The van der Waals surface area contributed by atoms with Gasteiger partial charge in [0.15, 0.2) is 5.82 Å². The van der Waals surface area contributed by atoms with Crippen LogP contribution in [0.25, 0.3) is 10.9 Å². The second kappa shape index (κ2) is 4.97. The fraction of sp³-hybridized carbons (Fsp3) is 0. The summed E-state index contributed by atoms with van der Waals surface area (Å²) in [7, 11) is 0. The zero-order valence-corrected chi connectivity index (χ0v) is 10.6. The van der Waals surface area contributed by atoms with Crippen molar-refractivity contribution in [3.8, 4) is 5.75 Å². The smallest absolute Gasteiger partial charge is 0.174 e. The lowest BCUT2D eigenvalue weighted by atomic mass is 10.2. The van der Waals surface area contributed by atoms with Crippen molar-refractivity contribution in [1.29, 1.82) is 0 Å². The number of phenolic OH excluding ortho intramolecular Hbond substituents is 1. The minimum atomic E-state index is -0.00506. The summed E-state index contributed by atoms with van der Waals surface area (Å²) in [6.45, 7) is 0. The molecule has 5 nitrogen and oxygen atoms in total. The van der Waals surface area contributed by atoms with Gasteiger partial charge in [0.05, 0.1) is 5.52 Å². The first-order valence-corrected chi connectivity index (χ1v) is 6.08. The lowest BCUT2D eigenvalue weighted by Gasteiger charge is -1.99. The van der Waals surface area contributed by atoms with E-state index in [1.807, 2.05) is 30.3 Å². The van der Waals surface area contributed by atoms with Gasteiger partial charge in [-0.05, 0) is 30.3 Å². The van der Waals surface area contributed by atoms with Crippen molar-refractivity contribution in [1.82, 2.24) is 4.98 Å². The summed E-state index contributed by atoms with van der Waals surface area (Å²) in [6, 6.07) is 16.2. The number of aromatic hydroxyl groups is 1. The van der Waals surface area contributed by atoms with Gasteiger partial charge in [0, 0.05) is 17.1 Å². The van der Waals surface area contributed by atoms with E-state index >= 15 is 0 Å². The van der Waals surface area contributed by atoms with Gasteiger partial charge in [-0.3, -0.25) is 0 Å². The summed E-state index contributed by atoms with van der Waals surface area (Å²) in [6.07, 6.45) is 0. The van der Waals surface area contributed by atoms with E-state index in [9.17, 15) is 5.11 Å². The molecule has 0 radical (unpaired) electrons. The number of anilines is 1. The van der Waals surface area contributed by atoms with Crippen LogP contribution in [0.5, 0.6) is 5.75 Å². The number of phenols is 1. The van der Waals surface area contributed by atoms with Crippen LogP contribution < -0.4 is 5.73 Å². The Balaban J connectivity index is 1.93. The number of hydrogen-bond acceptors (Lipinski definition) is 5. The Labute approximate surface area is 115 Å². The standard InChI is InChI=1S/C15H12N4O/c16-11-6-7-13(14(20)9-11)18-19-15-8-5-10-3-1-2-4-12(10)17-15/h1-9,20H,16H2. The maximum absolute atomic E-state index is 9.69. The molecule has 0 spiro atoms. The Kier molecular flexibility index (Phi) is 3.01. The SMILES string of the molecule is Nc1ccc(N=Nc2ccc3ccccc3n2)c(O)c1. The van der Waals surface area contributed by atoms with Crippen molar-refractivity contribution in [3.63, 3.8) is 0 Å². The van der Waals surface area contributed by atoms with Gasteiger partial charge < -0.3 is 10.8 Å². The largest absolute Gasteiger partial charge is 0.506 e. The van der Waals surface area contributed by atoms with Crippen LogP contribution in [-0.4, -0.2) is 10.1 Å². The Hall–Kier alpha value is -2.95. The summed E-state index contributed by atoms with van der Waals surface area (Å²) in [4.78, 5) is 4.37. The molecule has 0 bridgehead atoms. The number of rotatable bonds is 2. The number of nitrogens with zero attached hydrogens (tertiary/aromatic N) is 3. The van der Waals surface area contributed by atoms with Crippen molar-refractivity contribution < 1.29 is 5.11 Å². The second-order valence-corrected chi connectivity index (χ2v) is 4.31. The van der Waals surface area contributed by atoms with Gasteiger partial charge in [0.1, 0.15) is 11.4 Å². The number of nitrogen functional groups attached to an aromatic ring is 1. The highest BCUT2D eigenvalue weighted by molar-refractivity contribution is 5.79. The molecule has 0 aliphatic heterocycles. The first-order chi connectivity index (χ1) is 9.72. The number of benzene rings is 2. The third-order valence-corrected chi connectivity index (χ3v) is 2.84. The van der Waals surface area contributed by atoms with Crippen LogP contribution >= 0.6 is 0 Å². The molecule has 98 valence electrons. The van der Waals surface area contributed by atoms with E-state index in [1.165, 1.54) is 6.07 Å². The van der Waals surface area contributed by atoms with E-state index in [4.69, 9.17) is 5.73 Å². The number of nitrogens with two attached hydrogens (primary N) is 1. The molecule has 3 N–H and O–H groups in total. The van der Waals surface area contributed by atoms with Gasteiger partial charge in [0.2, 0.25) is 0 Å². The third-order valence-electron chi connectivity index (χ3n) is 2.84. The van der Waals surface area contributed by atoms with Gasteiger partial charge in [-0.2, -0.15) is 0 Å². The van der Waals surface area contributed by atoms with Crippen LogP contribution in [-0.2, 0) is 0 Å². The fourth-order valence-electron chi connectivity index (χ4n) is 1.84. The van der Waals surface area contributed by atoms with Crippen LogP contribution in [0.2, 0.25) is 0 Å². The van der Waals surface area contributed by atoms with Crippen molar-refractivity contribution in [2.75, 3.05) is 5.73 Å². The zero-order valence-electron chi connectivity index (χ0n) is 10.6. The Bertz CT molecular complexity index is 799. The molecule has 0 aliphatic rings. The molecule has 3 aromatic rings. The summed E-state index contributed by atoms with van der Waals surface area (Å²) in [5.74, 6) is 0.481. The molecule has 0 amide bonds. The lowest BCUT2D eigenvalue weighted by molar-refractivity contribution is 0.476. The van der Waals surface area contributed by atoms with Crippen LogP contribution in [0.1, 0.15) is 0 Å². The predicted molar refractivity (Wildman–Crippen MR) is 78.4 cm³/mol. The molecule has 1 aromatic heterocycles. The van der Waals surface area contributed by atoms with E-state index in [2.05, 4.69) is 15.2 Å². The lowest BCUT2D eigenvalue weighted by Crippen LogP contribution is -1.82. The van der Waals surface area contributed by atoms with E-state index in [-0.39, 0.29) is 5.75 Å². The van der Waals surface area contributed by atoms with Crippen molar-refractivity contribution in [2.45, 2.75) is 0 Å². The van der Waals surface area contributed by atoms with E-state index in [0.29, 0.717) is 17.2 Å². The second-order valence-electron chi connectivity index (χ2n) is 4.31. The predicted octanol–water partition coefficient (Wildman–Crippen LogP) is 3.94. The molecule has 0 saturated carbocycles. The van der Waals surface area contributed by atoms with Crippen LogP contribution in [0.4, 0.5) is 17.2 Å². The quantitative estimate of drug-likeness (QED) is 0.543. The number of para-hydroxylation sites is 1. The van der Waals surface area contributed by atoms with Crippen LogP contribution in [0.3, 0.4) is 0 Å². The normalized spacial score (nSPS) is 11.2. The minimum absolute atomic E-state index is 0.00506. The molecule has 1 heterocycles. The highest BCUT2D eigenvalue weighted by Crippen LogP contribution is 2.29. The number of fused-ring (bicyclic) bond motifs is 1. The topological polar surface area (TPSA) is 83.9 Å². The Morgan fingerprint density at radius 3 is 2.65 bits per heavy atom. The van der Waals surface area contributed by atoms with Crippen molar-refractivity contribution in [3.05, 3.63) is 54.6 Å². The van der Waals surface area contributed by atoms with Gasteiger partial charge in [-0.25, -0.2) is 4.98 Å². The minimum Gasteiger partial charge on any atom is -0.506 e. The highest BCUT2D eigenvalue weighted by Gasteiger charge is 2.00. The molecule has 0 aliphatic carbocycles. The zero-order chi connectivity index (χ0) is 13.9. The highest BCUT2D eigenvalue weighted by atomic mass is 16.3. The Morgan fingerprint density at radius 2 is 1.80 bits per heavy atom. The van der Waals surface area contributed by atoms with Crippen LogP contribution in [0.15, 0.2) is 64.8 Å². The molecule has 0 atom stereocenters. The monoisotopic (exact) mass is 264 g/mol. The molecule has 3 rings (SSSR count). The Morgan fingerprint density at radius 1 is 0.950 bits per heavy atom. The number of aromatic nitrogens is 1. The molecular formula is C15H12N4O. The average Bonchev–Trinajstić information content (AvgIpc) is 2.46.